The number of likely N-dealkylation sites (tertiary alicyclic amines) is 1. The molecule has 2 atom stereocenters. The summed E-state index contributed by atoms with van der Waals surface area (Å²) in [5, 5.41) is 20.6. The zero-order chi connectivity index (χ0) is 29.7. The highest BCUT2D eigenvalue weighted by atomic mass is 16.3. The zero-order valence-electron chi connectivity index (χ0n) is 24.2. The molecule has 1 spiro atoms. The predicted molar refractivity (Wildman–Crippen MR) is 155 cm³/mol. The van der Waals surface area contributed by atoms with Crippen LogP contribution in [0.25, 0.3) is 0 Å². The summed E-state index contributed by atoms with van der Waals surface area (Å²) >= 11 is 0. The number of aliphatic hydroxyl groups is 1. The molecule has 4 amide bonds. The number of rotatable bonds is 5. The highest BCUT2D eigenvalue weighted by Gasteiger charge is 2.51. The molecule has 11 nitrogen and oxygen atoms in total. The molecule has 0 unspecified atom stereocenters. The third-order valence-electron chi connectivity index (χ3n) is 9.68. The van der Waals surface area contributed by atoms with Crippen LogP contribution in [0, 0.1) is 5.41 Å². The minimum Gasteiger partial charge on any atom is -0.369 e. The van der Waals surface area contributed by atoms with E-state index in [9.17, 15) is 24.3 Å². The van der Waals surface area contributed by atoms with Crippen molar-refractivity contribution in [1.29, 1.82) is 0 Å². The maximum Gasteiger partial charge on any atom is 0.244 e. The van der Waals surface area contributed by atoms with Gasteiger partial charge in [-0.15, -0.1) is 0 Å². The van der Waals surface area contributed by atoms with Gasteiger partial charge in [0, 0.05) is 44.0 Å². The van der Waals surface area contributed by atoms with E-state index < -0.39 is 22.5 Å². The van der Waals surface area contributed by atoms with Gasteiger partial charge in [-0.2, -0.15) is 0 Å². The zero-order valence-corrected chi connectivity index (χ0v) is 24.2. The topological polar surface area (TPSA) is 144 Å². The molecule has 11 heteroatoms. The van der Waals surface area contributed by atoms with Gasteiger partial charge < -0.3 is 30.9 Å². The molecule has 4 aliphatic rings. The lowest BCUT2D eigenvalue weighted by molar-refractivity contribution is -0.178. The number of aromatic nitrogens is 1. The Balaban J connectivity index is 1.19. The molecule has 6 rings (SSSR count). The van der Waals surface area contributed by atoms with Gasteiger partial charge in [-0.1, -0.05) is 19.1 Å². The lowest BCUT2D eigenvalue weighted by atomic mass is 9.78. The first-order valence-corrected chi connectivity index (χ1v) is 14.7. The normalized spacial score (nSPS) is 25.9. The van der Waals surface area contributed by atoms with Crippen molar-refractivity contribution in [3.63, 3.8) is 0 Å². The number of benzene rings is 1. The molecule has 2 saturated heterocycles. The largest absolute Gasteiger partial charge is 0.369 e. The van der Waals surface area contributed by atoms with Crippen LogP contribution in [0.1, 0.15) is 56.2 Å². The molecular formula is C31H38N6O5. The average Bonchev–Trinajstić information content (AvgIpc) is 3.48. The number of β-amino-alcohol motifs (C(OH)–C–C–N with tert-alkyl or cyclic N) is 1. The highest BCUT2D eigenvalue weighted by Crippen LogP contribution is 2.47. The molecule has 1 aliphatic carbocycles. The molecule has 4 heterocycles. The monoisotopic (exact) mass is 574 g/mol. The minimum atomic E-state index is -1.49. The average molecular weight is 575 g/mol. The Kier molecular flexibility index (Phi) is 7.05. The number of hydrogen-bond donors (Lipinski definition) is 4. The third-order valence-corrected chi connectivity index (χ3v) is 9.68. The Morgan fingerprint density at radius 3 is 2.60 bits per heavy atom. The Hall–Kier alpha value is -3.83. The Morgan fingerprint density at radius 2 is 1.88 bits per heavy atom. The van der Waals surface area contributed by atoms with Gasteiger partial charge in [0.05, 0.1) is 10.8 Å². The molecule has 4 N–H and O–H groups in total. The minimum absolute atomic E-state index is 0.0226. The van der Waals surface area contributed by atoms with Gasteiger partial charge in [-0.05, 0) is 74.4 Å². The number of fused-ring (bicyclic) bond motifs is 3. The molecule has 222 valence electrons. The van der Waals surface area contributed by atoms with Crippen LogP contribution < -0.4 is 16.0 Å². The van der Waals surface area contributed by atoms with Crippen molar-refractivity contribution >= 4 is 35.1 Å². The van der Waals surface area contributed by atoms with Crippen molar-refractivity contribution in [2.75, 3.05) is 43.4 Å². The second-order valence-electron chi connectivity index (χ2n) is 12.5. The fraction of sp³-hybridized carbons (Fsp3) is 0.516. The van der Waals surface area contributed by atoms with Crippen molar-refractivity contribution in [3.8, 4) is 0 Å². The summed E-state index contributed by atoms with van der Waals surface area (Å²) in [5.41, 5.74) is 0.494. The predicted octanol–water partition coefficient (Wildman–Crippen LogP) is 1.56. The summed E-state index contributed by atoms with van der Waals surface area (Å²) in [6, 6.07) is 9.42. The van der Waals surface area contributed by atoms with E-state index in [4.69, 9.17) is 0 Å². The summed E-state index contributed by atoms with van der Waals surface area (Å²) in [7, 11) is 0. The van der Waals surface area contributed by atoms with Gasteiger partial charge >= 0.3 is 0 Å². The smallest absolute Gasteiger partial charge is 0.244 e. The SMILES string of the molecule is CC(=O)N1CCC(C)(C(=O)N(CC(=O)Nc2ccc3c(c2)C[C@@]2(C3)C(=O)Nc3ncccc32)[C@]2(O)CCCNC2)CC1. The molecule has 2 aromatic rings. The van der Waals surface area contributed by atoms with Gasteiger partial charge in [0.25, 0.3) is 0 Å². The van der Waals surface area contributed by atoms with Gasteiger partial charge in [0.2, 0.25) is 23.6 Å². The summed E-state index contributed by atoms with van der Waals surface area (Å²) in [6.45, 7) is 4.92. The van der Waals surface area contributed by atoms with Crippen LogP contribution in [0.2, 0.25) is 0 Å². The Morgan fingerprint density at radius 1 is 1.12 bits per heavy atom. The highest BCUT2D eigenvalue weighted by molar-refractivity contribution is 6.06. The summed E-state index contributed by atoms with van der Waals surface area (Å²) in [6.07, 6.45) is 4.70. The Labute approximate surface area is 245 Å². The molecule has 1 aromatic heterocycles. The maximum atomic E-state index is 14.0. The maximum absolute atomic E-state index is 14.0. The van der Waals surface area contributed by atoms with E-state index >= 15 is 0 Å². The van der Waals surface area contributed by atoms with Gasteiger partial charge in [-0.25, -0.2) is 4.98 Å². The number of nitrogens with one attached hydrogen (secondary N) is 3. The van der Waals surface area contributed by atoms with Crippen LogP contribution in [0.3, 0.4) is 0 Å². The second kappa shape index (κ2) is 10.5. The van der Waals surface area contributed by atoms with Gasteiger partial charge in [0.1, 0.15) is 12.4 Å². The molecular weight excluding hydrogens is 536 g/mol. The number of pyridine rings is 1. The van der Waals surface area contributed by atoms with E-state index in [0.29, 0.717) is 63.1 Å². The van der Waals surface area contributed by atoms with E-state index in [2.05, 4.69) is 20.9 Å². The molecule has 0 radical (unpaired) electrons. The van der Waals surface area contributed by atoms with Crippen LogP contribution in [-0.4, -0.2) is 82.0 Å². The lowest BCUT2D eigenvalue weighted by Crippen LogP contribution is -2.64. The van der Waals surface area contributed by atoms with E-state index in [1.807, 2.05) is 37.3 Å². The second-order valence-corrected chi connectivity index (χ2v) is 12.5. The molecule has 2 fully saturated rings. The molecule has 0 bridgehead atoms. The van der Waals surface area contributed by atoms with Crippen molar-refractivity contribution < 1.29 is 24.3 Å². The first kappa shape index (κ1) is 28.3. The fourth-order valence-corrected chi connectivity index (χ4v) is 7.06. The van der Waals surface area contributed by atoms with Crippen molar-refractivity contribution in [3.05, 3.63) is 53.2 Å². The first-order chi connectivity index (χ1) is 20.0. The summed E-state index contributed by atoms with van der Waals surface area (Å²) in [4.78, 5) is 59.8. The molecule has 0 saturated carbocycles. The third kappa shape index (κ3) is 4.84. The Bertz CT molecular complexity index is 1450. The van der Waals surface area contributed by atoms with E-state index in [-0.39, 0.29) is 30.8 Å². The van der Waals surface area contributed by atoms with E-state index in [1.54, 1.807) is 11.1 Å². The van der Waals surface area contributed by atoms with Crippen LogP contribution >= 0.6 is 0 Å². The van der Waals surface area contributed by atoms with Crippen LogP contribution in [-0.2, 0) is 37.4 Å². The summed E-state index contributed by atoms with van der Waals surface area (Å²) in [5.74, 6) is -0.172. The van der Waals surface area contributed by atoms with Crippen LogP contribution in [0.4, 0.5) is 11.5 Å². The van der Waals surface area contributed by atoms with Crippen molar-refractivity contribution in [1.82, 2.24) is 20.1 Å². The number of amides is 4. The molecule has 1 aromatic carbocycles. The van der Waals surface area contributed by atoms with Crippen molar-refractivity contribution in [2.24, 2.45) is 5.41 Å². The van der Waals surface area contributed by atoms with Gasteiger partial charge in [0.15, 0.2) is 5.72 Å². The van der Waals surface area contributed by atoms with Gasteiger partial charge in [-0.3, -0.25) is 19.2 Å². The van der Waals surface area contributed by atoms with E-state index in [0.717, 1.165) is 23.2 Å². The van der Waals surface area contributed by atoms with Crippen molar-refractivity contribution in [2.45, 2.75) is 63.5 Å². The number of piperidine rings is 2. The standard InChI is InChI=1S/C31H38N6O5/c1-20(38)36-13-9-29(2,10-14-36)28(41)37(31(42)8-4-11-32-19-31)18-25(39)34-23-7-6-21-16-30(17-22(21)15-23)24-5-3-12-33-26(24)35-27(30)40/h3,5-7,12,15,32,42H,4,8-11,13-14,16-19H2,1-2H3,(H,34,39)(H,33,35,40)/t30-,31+/m1/s1. The number of carbonyl (C=O) groups excluding carboxylic acids is 4. The first-order valence-electron chi connectivity index (χ1n) is 14.7. The van der Waals surface area contributed by atoms with Crippen LogP contribution in [0.15, 0.2) is 36.5 Å². The number of carbonyl (C=O) groups is 4. The molecule has 42 heavy (non-hydrogen) atoms. The fourth-order valence-electron chi connectivity index (χ4n) is 7.06. The summed E-state index contributed by atoms with van der Waals surface area (Å²) < 4.78 is 0. The number of nitrogens with zero attached hydrogens (tertiary/aromatic N) is 3. The number of anilines is 2. The number of hydrogen-bond acceptors (Lipinski definition) is 7. The molecule has 3 aliphatic heterocycles. The van der Waals surface area contributed by atoms with E-state index in [1.165, 1.54) is 11.8 Å². The van der Waals surface area contributed by atoms with Crippen LogP contribution in [0.5, 0.6) is 0 Å². The lowest BCUT2D eigenvalue weighted by Gasteiger charge is -2.47. The quantitative estimate of drug-likeness (QED) is 0.397.